The third-order valence-electron chi connectivity index (χ3n) is 2.97. The van der Waals surface area contributed by atoms with E-state index in [0.29, 0.717) is 19.8 Å². The van der Waals surface area contributed by atoms with E-state index in [1.54, 1.807) is 0 Å². The molecule has 0 aromatic heterocycles. The summed E-state index contributed by atoms with van der Waals surface area (Å²) in [5, 5.41) is 3.15. The van der Waals surface area contributed by atoms with Crippen molar-refractivity contribution < 1.29 is 19.1 Å². The Labute approximate surface area is 135 Å². The second-order valence-corrected chi connectivity index (χ2v) is 11.5. The first-order chi connectivity index (χ1) is 10.3. The summed E-state index contributed by atoms with van der Waals surface area (Å²) in [6.07, 6.45) is 3.75. The Bertz CT molecular complexity index is 329. The first-order valence-electron chi connectivity index (χ1n) is 8.16. The minimum absolute atomic E-state index is 0.0349. The van der Waals surface area contributed by atoms with Crippen molar-refractivity contribution in [2.75, 3.05) is 45.9 Å². The van der Waals surface area contributed by atoms with Gasteiger partial charge in [-0.2, -0.15) is 0 Å². The molecular weight excluding hydrogens is 301 g/mol. The molecule has 0 aliphatic rings. The van der Waals surface area contributed by atoms with Gasteiger partial charge in [-0.25, -0.2) is 0 Å². The van der Waals surface area contributed by atoms with E-state index in [1.807, 2.05) is 13.8 Å². The van der Waals surface area contributed by atoms with E-state index in [9.17, 15) is 9.59 Å². The van der Waals surface area contributed by atoms with Crippen LogP contribution in [0.1, 0.15) is 39.5 Å². The first kappa shape index (κ1) is 21.3. The highest BCUT2D eigenvalue weighted by Gasteiger charge is 2.24. The van der Waals surface area contributed by atoms with Gasteiger partial charge in [0, 0.05) is 27.3 Å². The Kier molecular flexibility index (Phi) is 11.5. The van der Waals surface area contributed by atoms with Crippen molar-refractivity contribution in [2.45, 2.75) is 45.6 Å². The van der Waals surface area contributed by atoms with E-state index in [2.05, 4.69) is 25.3 Å². The van der Waals surface area contributed by atoms with Gasteiger partial charge in [-0.15, -0.1) is 0 Å². The zero-order valence-corrected chi connectivity index (χ0v) is 15.7. The summed E-state index contributed by atoms with van der Waals surface area (Å²) in [4.78, 5) is 23.7. The lowest BCUT2D eigenvalue weighted by molar-refractivity contribution is -0.152. The van der Waals surface area contributed by atoms with Crippen LogP contribution in [-0.2, 0) is 19.1 Å². The molecule has 1 atom stereocenters. The van der Waals surface area contributed by atoms with Gasteiger partial charge in [-0.1, -0.05) is 13.8 Å². The number of esters is 2. The van der Waals surface area contributed by atoms with Crippen LogP contribution < -0.4 is 5.32 Å². The Morgan fingerprint density at radius 3 is 2.18 bits per heavy atom. The Morgan fingerprint density at radius 1 is 1.05 bits per heavy atom. The van der Waals surface area contributed by atoms with Crippen LogP contribution in [0.5, 0.6) is 0 Å². The number of hydrogen-bond donors (Lipinski definition) is 1. The highest BCUT2D eigenvalue weighted by Crippen LogP contribution is 2.46. The largest absolute Gasteiger partial charge is 0.466 e. The summed E-state index contributed by atoms with van der Waals surface area (Å²) in [6, 6.07) is -0.603. The van der Waals surface area contributed by atoms with Crippen LogP contribution in [0.2, 0.25) is 0 Å². The third-order valence-corrected chi connectivity index (χ3v) is 4.63. The van der Waals surface area contributed by atoms with Crippen molar-refractivity contribution >= 4 is 19.2 Å². The molecule has 0 rings (SSSR count). The van der Waals surface area contributed by atoms with Crippen LogP contribution in [0.4, 0.5) is 0 Å². The standard InChI is InChI=1S/C16H33NO4P/c1-6-10-20-15(18)13-14(16(19)21-11-7-2)17-9-8-12-22(3,4)5/h14,17H,6-13H2,1-5H3/q+1. The van der Waals surface area contributed by atoms with Crippen molar-refractivity contribution in [2.24, 2.45) is 0 Å². The zero-order valence-electron chi connectivity index (χ0n) is 14.8. The van der Waals surface area contributed by atoms with Gasteiger partial charge in [-0.05, 0) is 25.8 Å². The van der Waals surface area contributed by atoms with E-state index in [1.165, 1.54) is 0 Å². The summed E-state index contributed by atoms with van der Waals surface area (Å²) in [7, 11) is -0.807. The van der Waals surface area contributed by atoms with Crippen LogP contribution >= 0.6 is 7.26 Å². The SMILES string of the molecule is CCCOC(=O)CC(NCCC[P+](C)(C)C)C(=O)OCCC. The first-order valence-corrected chi connectivity index (χ1v) is 11.5. The van der Waals surface area contributed by atoms with E-state index < -0.39 is 13.3 Å². The van der Waals surface area contributed by atoms with Crippen molar-refractivity contribution in [1.82, 2.24) is 5.32 Å². The minimum Gasteiger partial charge on any atom is -0.466 e. The summed E-state index contributed by atoms with van der Waals surface area (Å²) in [5.74, 6) is -0.711. The molecule has 130 valence electrons. The van der Waals surface area contributed by atoms with Gasteiger partial charge in [0.2, 0.25) is 0 Å². The predicted octanol–water partition coefficient (Wildman–Crippen LogP) is 2.54. The fourth-order valence-electron chi connectivity index (χ4n) is 1.81. The average Bonchev–Trinajstić information content (AvgIpc) is 2.44. The lowest BCUT2D eigenvalue weighted by atomic mass is 10.2. The van der Waals surface area contributed by atoms with E-state index in [4.69, 9.17) is 9.47 Å². The number of hydrogen-bond acceptors (Lipinski definition) is 5. The maximum Gasteiger partial charge on any atom is 0.323 e. The normalized spacial score (nSPS) is 12.8. The summed E-state index contributed by atoms with van der Waals surface area (Å²) < 4.78 is 10.2. The predicted molar refractivity (Wildman–Crippen MR) is 93.1 cm³/mol. The molecule has 0 spiro atoms. The molecule has 22 heavy (non-hydrogen) atoms. The van der Waals surface area contributed by atoms with Gasteiger partial charge in [0.05, 0.1) is 25.8 Å². The number of rotatable bonds is 12. The van der Waals surface area contributed by atoms with Crippen molar-refractivity contribution in [3.63, 3.8) is 0 Å². The molecule has 1 N–H and O–H groups in total. The van der Waals surface area contributed by atoms with Crippen LogP contribution in [0.15, 0.2) is 0 Å². The van der Waals surface area contributed by atoms with Crippen LogP contribution in [0, 0.1) is 0 Å². The Hall–Kier alpha value is -0.670. The molecule has 0 heterocycles. The molecule has 0 saturated carbocycles. The molecule has 0 saturated heterocycles. The molecule has 0 amide bonds. The van der Waals surface area contributed by atoms with Gasteiger partial charge in [0.25, 0.3) is 0 Å². The van der Waals surface area contributed by atoms with Gasteiger partial charge in [-0.3, -0.25) is 9.59 Å². The third kappa shape index (κ3) is 11.9. The van der Waals surface area contributed by atoms with Gasteiger partial charge in [0.15, 0.2) is 0 Å². The van der Waals surface area contributed by atoms with E-state index >= 15 is 0 Å². The van der Waals surface area contributed by atoms with Gasteiger partial charge in [0.1, 0.15) is 6.04 Å². The smallest absolute Gasteiger partial charge is 0.323 e. The molecule has 0 aromatic rings. The van der Waals surface area contributed by atoms with Crippen LogP contribution in [-0.4, -0.2) is 63.9 Å². The molecule has 0 aliphatic heterocycles. The molecular formula is C16H33NO4P+. The van der Waals surface area contributed by atoms with Crippen molar-refractivity contribution in [3.8, 4) is 0 Å². The number of carbonyl (C=O) groups excluding carboxylic acids is 2. The summed E-state index contributed by atoms with van der Waals surface area (Å²) >= 11 is 0. The molecule has 0 aromatic carbocycles. The number of nitrogens with one attached hydrogen (secondary N) is 1. The molecule has 0 aliphatic carbocycles. The second-order valence-electron chi connectivity index (χ2n) is 6.47. The van der Waals surface area contributed by atoms with Crippen LogP contribution in [0.25, 0.3) is 0 Å². The van der Waals surface area contributed by atoms with E-state index in [0.717, 1.165) is 25.4 Å². The molecule has 1 unspecified atom stereocenters. The molecule has 5 nitrogen and oxygen atoms in total. The number of ether oxygens (including phenoxy) is 2. The summed E-state index contributed by atoms with van der Waals surface area (Å²) in [6.45, 7) is 12.3. The monoisotopic (exact) mass is 334 g/mol. The highest BCUT2D eigenvalue weighted by molar-refractivity contribution is 7.73. The zero-order chi connectivity index (χ0) is 17.0. The molecule has 0 radical (unpaired) electrons. The average molecular weight is 334 g/mol. The second kappa shape index (κ2) is 11.8. The number of carbonyl (C=O) groups is 2. The van der Waals surface area contributed by atoms with Crippen molar-refractivity contribution in [1.29, 1.82) is 0 Å². The quantitative estimate of drug-likeness (QED) is 0.337. The van der Waals surface area contributed by atoms with Crippen LogP contribution in [0.3, 0.4) is 0 Å². The fourth-order valence-corrected chi connectivity index (χ4v) is 2.92. The molecule has 6 heteroatoms. The molecule has 0 fully saturated rings. The Balaban J connectivity index is 4.33. The molecule has 0 bridgehead atoms. The fraction of sp³-hybridized carbons (Fsp3) is 0.875. The highest BCUT2D eigenvalue weighted by atomic mass is 31.2. The van der Waals surface area contributed by atoms with E-state index in [-0.39, 0.29) is 18.4 Å². The Morgan fingerprint density at radius 2 is 1.64 bits per heavy atom. The maximum absolute atomic E-state index is 12.0. The summed E-state index contributed by atoms with van der Waals surface area (Å²) in [5.41, 5.74) is 0. The topological polar surface area (TPSA) is 64.6 Å². The lowest BCUT2D eigenvalue weighted by Crippen LogP contribution is -2.41. The van der Waals surface area contributed by atoms with Crippen molar-refractivity contribution in [3.05, 3.63) is 0 Å². The van der Waals surface area contributed by atoms with Gasteiger partial charge < -0.3 is 14.8 Å². The lowest BCUT2D eigenvalue weighted by Gasteiger charge is -2.18. The van der Waals surface area contributed by atoms with Gasteiger partial charge >= 0.3 is 11.9 Å². The minimum atomic E-state index is -0.807. The maximum atomic E-state index is 12.0.